The summed E-state index contributed by atoms with van der Waals surface area (Å²) in [5.41, 5.74) is 4.69. The summed E-state index contributed by atoms with van der Waals surface area (Å²) in [5, 5.41) is 21.9. The first kappa shape index (κ1) is 29.3. The van der Waals surface area contributed by atoms with E-state index in [0.29, 0.717) is 35.4 Å². The zero-order valence-corrected chi connectivity index (χ0v) is 25.2. The third-order valence-electron chi connectivity index (χ3n) is 7.82. The van der Waals surface area contributed by atoms with Crippen molar-refractivity contribution in [2.75, 3.05) is 7.11 Å². The lowest BCUT2D eigenvalue weighted by molar-refractivity contribution is -0.125. The molecular formula is C36H36N2O6. The normalized spacial score (nSPS) is 12.4. The highest BCUT2D eigenvalue weighted by Gasteiger charge is 2.25. The predicted octanol–water partition coefficient (Wildman–Crippen LogP) is 7.11. The molecule has 44 heavy (non-hydrogen) atoms. The standard InChI is InChI=1S/C36H36N2O6/c1-22(2)34(36(39)40)44-31-16-10-15-29-33(31)26-13-8-9-14-28(26)38(29)20-24-17-18-30(32(19-24)41-4)42-21-27-23(3)43-35(37-27)25-11-6-5-7-12-25/h5-19,22,34,36,39-40H,20-21H2,1-4H3. The summed E-state index contributed by atoms with van der Waals surface area (Å²) < 4.78 is 26.2. The third kappa shape index (κ3) is 5.74. The van der Waals surface area contributed by atoms with Gasteiger partial charge in [-0.2, -0.15) is 0 Å². The van der Waals surface area contributed by atoms with Crippen molar-refractivity contribution in [3.8, 4) is 28.7 Å². The lowest BCUT2D eigenvalue weighted by Crippen LogP contribution is -2.36. The predicted molar refractivity (Wildman–Crippen MR) is 170 cm³/mol. The van der Waals surface area contributed by atoms with E-state index in [0.717, 1.165) is 38.6 Å². The van der Waals surface area contributed by atoms with Crippen molar-refractivity contribution in [1.29, 1.82) is 0 Å². The van der Waals surface area contributed by atoms with Crippen LogP contribution in [0.1, 0.15) is 30.9 Å². The Bertz CT molecular complexity index is 1880. The molecule has 2 N–H and O–H groups in total. The van der Waals surface area contributed by atoms with Crippen LogP contribution in [0.2, 0.25) is 0 Å². The topological polar surface area (TPSA) is 99.1 Å². The highest BCUT2D eigenvalue weighted by atomic mass is 16.6. The first-order valence-corrected chi connectivity index (χ1v) is 14.7. The summed E-state index contributed by atoms with van der Waals surface area (Å²) in [6.45, 7) is 6.51. The van der Waals surface area contributed by atoms with E-state index in [-0.39, 0.29) is 12.5 Å². The lowest BCUT2D eigenvalue weighted by atomic mass is 10.1. The molecule has 8 heteroatoms. The molecule has 1 atom stereocenters. The summed E-state index contributed by atoms with van der Waals surface area (Å²) in [7, 11) is 1.63. The molecule has 6 rings (SSSR count). The first-order chi connectivity index (χ1) is 21.3. The van der Waals surface area contributed by atoms with Crippen LogP contribution in [0.5, 0.6) is 17.2 Å². The maximum absolute atomic E-state index is 9.96. The Morgan fingerprint density at radius 2 is 1.59 bits per heavy atom. The van der Waals surface area contributed by atoms with Gasteiger partial charge < -0.3 is 33.4 Å². The molecule has 0 fully saturated rings. The van der Waals surface area contributed by atoms with Crippen LogP contribution < -0.4 is 14.2 Å². The van der Waals surface area contributed by atoms with Gasteiger partial charge in [-0.05, 0) is 60.9 Å². The van der Waals surface area contributed by atoms with Crippen molar-refractivity contribution in [2.24, 2.45) is 5.92 Å². The maximum Gasteiger partial charge on any atom is 0.226 e. The molecule has 2 aromatic heterocycles. The summed E-state index contributed by atoms with van der Waals surface area (Å²) >= 11 is 0. The Balaban J connectivity index is 1.28. The summed E-state index contributed by atoms with van der Waals surface area (Å²) in [4.78, 5) is 4.65. The maximum atomic E-state index is 9.96. The molecular weight excluding hydrogens is 556 g/mol. The van der Waals surface area contributed by atoms with Crippen LogP contribution in [0.25, 0.3) is 33.3 Å². The van der Waals surface area contributed by atoms with Crippen molar-refractivity contribution >= 4 is 21.8 Å². The number of hydrogen-bond acceptors (Lipinski definition) is 7. The Labute approximate surface area is 256 Å². The number of hydrogen-bond donors (Lipinski definition) is 2. The van der Waals surface area contributed by atoms with Crippen molar-refractivity contribution in [2.45, 2.75) is 46.3 Å². The van der Waals surface area contributed by atoms with E-state index in [9.17, 15) is 10.2 Å². The molecule has 6 aromatic rings. The summed E-state index contributed by atoms with van der Waals surface area (Å²) in [5.74, 6) is 3.03. The molecule has 4 aromatic carbocycles. The number of fused-ring (bicyclic) bond motifs is 3. The van der Waals surface area contributed by atoms with E-state index in [1.807, 2.05) is 93.6 Å². The molecule has 1 unspecified atom stereocenters. The number of para-hydroxylation sites is 1. The number of nitrogens with zero attached hydrogens (tertiary/aromatic N) is 2. The Hall–Kier alpha value is -4.79. The minimum atomic E-state index is -1.59. The first-order valence-electron chi connectivity index (χ1n) is 14.7. The molecule has 0 radical (unpaired) electrons. The van der Waals surface area contributed by atoms with Crippen LogP contribution in [0.15, 0.2) is 95.4 Å². The van der Waals surface area contributed by atoms with Crippen LogP contribution in [-0.4, -0.2) is 39.3 Å². The van der Waals surface area contributed by atoms with Gasteiger partial charge in [-0.15, -0.1) is 0 Å². The van der Waals surface area contributed by atoms with Gasteiger partial charge in [0.1, 0.15) is 23.8 Å². The molecule has 0 aliphatic rings. The minimum Gasteiger partial charge on any atom is -0.493 e. The number of oxazole rings is 1. The van der Waals surface area contributed by atoms with Crippen LogP contribution in [0.3, 0.4) is 0 Å². The molecule has 0 saturated heterocycles. The van der Waals surface area contributed by atoms with Crippen LogP contribution in [0, 0.1) is 12.8 Å². The quantitative estimate of drug-likeness (QED) is 0.155. The number of aryl methyl sites for hydroxylation is 1. The molecule has 2 heterocycles. The second-order valence-electron chi connectivity index (χ2n) is 11.2. The number of aliphatic hydroxyl groups excluding tert-OH is 1. The van der Waals surface area contributed by atoms with Crippen LogP contribution >= 0.6 is 0 Å². The third-order valence-corrected chi connectivity index (χ3v) is 7.82. The SMILES string of the molecule is COc1cc(Cn2c3ccccc3c3c(OC(C(C)C)C(O)O)cccc32)ccc1OCc1nc(-c2ccccc2)oc1C. The number of ether oxygens (including phenoxy) is 3. The van der Waals surface area contributed by atoms with E-state index in [2.05, 4.69) is 27.8 Å². The molecule has 226 valence electrons. The van der Waals surface area contributed by atoms with Crippen molar-refractivity contribution in [3.63, 3.8) is 0 Å². The number of rotatable bonds is 11. The van der Waals surface area contributed by atoms with Gasteiger partial charge in [0.15, 0.2) is 23.9 Å². The highest BCUT2D eigenvalue weighted by molar-refractivity contribution is 6.11. The summed E-state index contributed by atoms with van der Waals surface area (Å²) in [6.07, 6.45) is -2.35. The average molecular weight is 593 g/mol. The number of aromatic nitrogens is 2. The van der Waals surface area contributed by atoms with Gasteiger partial charge in [0.05, 0.1) is 12.6 Å². The largest absolute Gasteiger partial charge is 0.493 e. The Morgan fingerprint density at radius 3 is 2.34 bits per heavy atom. The van der Waals surface area contributed by atoms with E-state index in [1.54, 1.807) is 7.11 Å². The van der Waals surface area contributed by atoms with E-state index < -0.39 is 12.4 Å². The van der Waals surface area contributed by atoms with Crippen molar-refractivity contribution in [1.82, 2.24) is 9.55 Å². The van der Waals surface area contributed by atoms with Crippen molar-refractivity contribution < 1.29 is 28.8 Å². The van der Waals surface area contributed by atoms with Gasteiger partial charge in [-0.1, -0.05) is 62.4 Å². The molecule has 0 aliphatic heterocycles. The average Bonchev–Trinajstić information content (AvgIpc) is 3.57. The number of aliphatic hydroxyl groups is 2. The molecule has 0 aliphatic carbocycles. The van der Waals surface area contributed by atoms with Crippen LogP contribution in [-0.2, 0) is 13.2 Å². The van der Waals surface area contributed by atoms with E-state index >= 15 is 0 Å². The fraction of sp³-hybridized carbons (Fsp3) is 0.250. The van der Waals surface area contributed by atoms with Crippen LogP contribution in [0.4, 0.5) is 0 Å². The van der Waals surface area contributed by atoms with Gasteiger partial charge in [-0.3, -0.25) is 0 Å². The molecule has 0 saturated carbocycles. The van der Waals surface area contributed by atoms with Crippen molar-refractivity contribution in [3.05, 3.63) is 108 Å². The lowest BCUT2D eigenvalue weighted by Gasteiger charge is -2.24. The molecule has 0 bridgehead atoms. The second-order valence-corrected chi connectivity index (χ2v) is 11.2. The van der Waals surface area contributed by atoms with E-state index in [1.165, 1.54) is 0 Å². The summed E-state index contributed by atoms with van der Waals surface area (Å²) in [6, 6.07) is 29.7. The monoisotopic (exact) mass is 592 g/mol. The van der Waals surface area contributed by atoms with Gasteiger partial charge in [0, 0.05) is 28.4 Å². The fourth-order valence-electron chi connectivity index (χ4n) is 5.55. The number of methoxy groups -OCH3 is 1. The van der Waals surface area contributed by atoms with Gasteiger partial charge in [0.25, 0.3) is 0 Å². The van der Waals surface area contributed by atoms with Gasteiger partial charge >= 0.3 is 0 Å². The Morgan fingerprint density at radius 1 is 0.841 bits per heavy atom. The number of benzene rings is 4. The van der Waals surface area contributed by atoms with Gasteiger partial charge in [0.2, 0.25) is 5.89 Å². The minimum absolute atomic E-state index is 0.0917. The molecule has 8 nitrogen and oxygen atoms in total. The van der Waals surface area contributed by atoms with E-state index in [4.69, 9.17) is 18.6 Å². The smallest absolute Gasteiger partial charge is 0.226 e. The Kier molecular flexibility index (Phi) is 8.28. The molecule has 0 spiro atoms. The molecule has 0 amide bonds. The fourth-order valence-corrected chi connectivity index (χ4v) is 5.55. The van der Waals surface area contributed by atoms with Gasteiger partial charge in [-0.25, -0.2) is 4.98 Å². The zero-order chi connectivity index (χ0) is 30.8. The second kappa shape index (κ2) is 12.4. The highest BCUT2D eigenvalue weighted by Crippen LogP contribution is 2.38. The zero-order valence-electron chi connectivity index (χ0n) is 25.2.